The van der Waals surface area contributed by atoms with Gasteiger partial charge in [-0.05, 0) is 37.5 Å². The smallest absolute Gasteiger partial charge is 0.0891 e. The molecule has 0 aliphatic rings. The lowest BCUT2D eigenvalue weighted by molar-refractivity contribution is 1.11. The molecule has 1 heterocycles. The Labute approximate surface area is 107 Å². The molecule has 0 saturated carbocycles. The second-order valence-electron chi connectivity index (χ2n) is 4.16. The molecule has 0 unspecified atom stereocenters. The van der Waals surface area contributed by atoms with Crippen LogP contribution in [0.3, 0.4) is 0 Å². The van der Waals surface area contributed by atoms with Gasteiger partial charge in [-0.2, -0.15) is 0 Å². The number of hydrogen-bond donors (Lipinski definition) is 0. The monoisotopic (exact) mass is 246 g/mol. The second-order valence-corrected chi connectivity index (χ2v) is 4.56. The van der Waals surface area contributed by atoms with Crippen LogP contribution >= 0.6 is 11.6 Å². The summed E-state index contributed by atoms with van der Waals surface area (Å²) >= 11 is 6.24. The number of aromatic nitrogens is 2. The summed E-state index contributed by atoms with van der Waals surface area (Å²) in [5, 5.41) is 0.802. The Morgan fingerprint density at radius 2 is 1.94 bits per heavy atom. The normalized spacial score (nSPS) is 10.6. The van der Waals surface area contributed by atoms with Gasteiger partial charge in [-0.1, -0.05) is 24.6 Å². The first-order chi connectivity index (χ1) is 8.11. The van der Waals surface area contributed by atoms with Gasteiger partial charge in [-0.25, -0.2) is 4.98 Å². The summed E-state index contributed by atoms with van der Waals surface area (Å²) < 4.78 is 0. The van der Waals surface area contributed by atoms with E-state index in [0.717, 1.165) is 28.4 Å². The predicted molar refractivity (Wildman–Crippen MR) is 71.3 cm³/mol. The molecule has 0 bridgehead atoms. The third-order valence-corrected chi connectivity index (χ3v) is 3.16. The molecule has 0 N–H and O–H groups in total. The molecule has 0 amide bonds. The molecular formula is C14H15ClN2. The molecular weight excluding hydrogens is 232 g/mol. The van der Waals surface area contributed by atoms with Crippen molar-refractivity contribution < 1.29 is 0 Å². The van der Waals surface area contributed by atoms with Crippen molar-refractivity contribution in [3.8, 4) is 11.3 Å². The van der Waals surface area contributed by atoms with Gasteiger partial charge in [0.1, 0.15) is 0 Å². The molecule has 0 atom stereocenters. The van der Waals surface area contributed by atoms with E-state index in [-0.39, 0.29) is 0 Å². The molecule has 1 aromatic heterocycles. The van der Waals surface area contributed by atoms with E-state index in [2.05, 4.69) is 29.9 Å². The van der Waals surface area contributed by atoms with Gasteiger partial charge in [-0.3, -0.25) is 4.98 Å². The van der Waals surface area contributed by atoms with Crippen molar-refractivity contribution in [2.45, 2.75) is 27.2 Å². The molecule has 88 valence electrons. The molecule has 1 aromatic carbocycles. The van der Waals surface area contributed by atoms with Crippen LogP contribution in [0.25, 0.3) is 11.3 Å². The fourth-order valence-corrected chi connectivity index (χ4v) is 2.18. The van der Waals surface area contributed by atoms with E-state index in [0.29, 0.717) is 0 Å². The molecule has 2 aromatic rings. The van der Waals surface area contributed by atoms with Crippen LogP contribution in [0, 0.1) is 13.8 Å². The number of hydrogen-bond acceptors (Lipinski definition) is 2. The van der Waals surface area contributed by atoms with Crippen LogP contribution in [0.5, 0.6) is 0 Å². The summed E-state index contributed by atoms with van der Waals surface area (Å²) in [7, 11) is 0. The molecule has 0 saturated heterocycles. The minimum Gasteiger partial charge on any atom is -0.261 e. The van der Waals surface area contributed by atoms with E-state index in [4.69, 9.17) is 11.6 Å². The minimum absolute atomic E-state index is 0.802. The Morgan fingerprint density at radius 3 is 2.59 bits per heavy atom. The topological polar surface area (TPSA) is 25.8 Å². The van der Waals surface area contributed by atoms with Crippen molar-refractivity contribution in [1.82, 2.24) is 9.97 Å². The van der Waals surface area contributed by atoms with Crippen LogP contribution in [-0.4, -0.2) is 9.97 Å². The van der Waals surface area contributed by atoms with E-state index in [1.165, 1.54) is 11.1 Å². The molecule has 2 nitrogen and oxygen atoms in total. The third-order valence-electron chi connectivity index (χ3n) is 2.81. The minimum atomic E-state index is 0.802. The van der Waals surface area contributed by atoms with Gasteiger partial charge in [0.15, 0.2) is 0 Å². The van der Waals surface area contributed by atoms with Gasteiger partial charge < -0.3 is 0 Å². The van der Waals surface area contributed by atoms with Crippen molar-refractivity contribution in [3.63, 3.8) is 0 Å². The predicted octanol–water partition coefficient (Wildman–Crippen LogP) is 3.98. The summed E-state index contributed by atoms with van der Waals surface area (Å²) in [6, 6.07) is 4.11. The summed E-state index contributed by atoms with van der Waals surface area (Å²) in [6.07, 6.45) is 4.47. The highest BCUT2D eigenvalue weighted by Crippen LogP contribution is 2.28. The highest BCUT2D eigenvalue weighted by atomic mass is 35.5. The van der Waals surface area contributed by atoms with Crippen LogP contribution in [0.4, 0.5) is 0 Å². The lowest BCUT2D eigenvalue weighted by Crippen LogP contribution is -1.93. The first-order valence-electron chi connectivity index (χ1n) is 5.70. The molecule has 0 aliphatic heterocycles. The van der Waals surface area contributed by atoms with Crippen molar-refractivity contribution in [3.05, 3.63) is 46.4 Å². The second kappa shape index (κ2) is 4.84. The third kappa shape index (κ3) is 2.47. The average Bonchev–Trinajstić information content (AvgIpc) is 2.31. The van der Waals surface area contributed by atoms with Crippen molar-refractivity contribution in [2.75, 3.05) is 0 Å². The zero-order chi connectivity index (χ0) is 12.4. The first-order valence-corrected chi connectivity index (χ1v) is 6.07. The molecule has 0 spiro atoms. The fraction of sp³-hybridized carbons (Fsp3) is 0.286. The standard InChI is InChI=1S/C14H15ClN2/c1-4-11-5-9(2)12(6-13(11)15)14-8-16-7-10(3)17-14/h5-8H,4H2,1-3H3. The molecule has 0 fully saturated rings. The zero-order valence-electron chi connectivity index (χ0n) is 10.3. The van der Waals surface area contributed by atoms with Gasteiger partial charge in [0.2, 0.25) is 0 Å². The lowest BCUT2D eigenvalue weighted by atomic mass is 10.0. The highest BCUT2D eigenvalue weighted by molar-refractivity contribution is 6.31. The van der Waals surface area contributed by atoms with Gasteiger partial charge in [0, 0.05) is 16.8 Å². The van der Waals surface area contributed by atoms with Crippen molar-refractivity contribution >= 4 is 11.6 Å². The van der Waals surface area contributed by atoms with E-state index in [1.807, 2.05) is 13.0 Å². The van der Waals surface area contributed by atoms with Gasteiger partial charge in [0.25, 0.3) is 0 Å². The number of halogens is 1. The molecule has 3 heteroatoms. The maximum atomic E-state index is 6.24. The van der Waals surface area contributed by atoms with Crippen LogP contribution in [0.15, 0.2) is 24.5 Å². The fourth-order valence-electron chi connectivity index (χ4n) is 1.88. The van der Waals surface area contributed by atoms with E-state index < -0.39 is 0 Å². The van der Waals surface area contributed by atoms with E-state index in [9.17, 15) is 0 Å². The largest absolute Gasteiger partial charge is 0.261 e. The molecule has 17 heavy (non-hydrogen) atoms. The Morgan fingerprint density at radius 1 is 1.18 bits per heavy atom. The van der Waals surface area contributed by atoms with Gasteiger partial charge in [0.05, 0.1) is 17.6 Å². The maximum absolute atomic E-state index is 6.24. The summed E-state index contributed by atoms with van der Waals surface area (Å²) in [5.74, 6) is 0. The summed E-state index contributed by atoms with van der Waals surface area (Å²) in [5.41, 5.74) is 5.22. The van der Waals surface area contributed by atoms with Crippen molar-refractivity contribution in [2.24, 2.45) is 0 Å². The van der Waals surface area contributed by atoms with Crippen LogP contribution < -0.4 is 0 Å². The Balaban J connectivity index is 2.56. The number of aryl methyl sites for hydroxylation is 3. The molecule has 2 rings (SSSR count). The number of nitrogens with zero attached hydrogens (tertiary/aromatic N) is 2. The van der Waals surface area contributed by atoms with E-state index >= 15 is 0 Å². The Hall–Kier alpha value is -1.41. The maximum Gasteiger partial charge on any atom is 0.0891 e. The van der Waals surface area contributed by atoms with Gasteiger partial charge in [-0.15, -0.1) is 0 Å². The van der Waals surface area contributed by atoms with E-state index in [1.54, 1.807) is 12.4 Å². The number of benzene rings is 1. The summed E-state index contributed by atoms with van der Waals surface area (Å²) in [6.45, 7) is 6.12. The lowest BCUT2D eigenvalue weighted by Gasteiger charge is -2.09. The zero-order valence-corrected chi connectivity index (χ0v) is 11.0. The summed E-state index contributed by atoms with van der Waals surface area (Å²) in [4.78, 5) is 8.65. The Kier molecular flexibility index (Phi) is 3.43. The first kappa shape index (κ1) is 12.1. The van der Waals surface area contributed by atoms with Crippen molar-refractivity contribution in [1.29, 1.82) is 0 Å². The molecule has 0 radical (unpaired) electrons. The van der Waals surface area contributed by atoms with Crippen LogP contribution in [0.1, 0.15) is 23.7 Å². The highest BCUT2D eigenvalue weighted by Gasteiger charge is 2.08. The van der Waals surface area contributed by atoms with Gasteiger partial charge >= 0.3 is 0 Å². The van der Waals surface area contributed by atoms with Crippen LogP contribution in [0.2, 0.25) is 5.02 Å². The quantitative estimate of drug-likeness (QED) is 0.801. The number of rotatable bonds is 2. The Bertz CT molecular complexity index is 550. The van der Waals surface area contributed by atoms with Crippen LogP contribution in [-0.2, 0) is 6.42 Å². The average molecular weight is 247 g/mol. The molecule has 0 aliphatic carbocycles. The SMILES string of the molecule is CCc1cc(C)c(-c2cncc(C)n2)cc1Cl.